The molecule has 1 aliphatic heterocycles. The van der Waals surface area contributed by atoms with Crippen molar-refractivity contribution in [3.05, 3.63) is 22.9 Å². The maximum absolute atomic E-state index is 5.40. The number of ether oxygens (including phenoxy) is 1. The predicted molar refractivity (Wildman–Crippen MR) is 64.2 cm³/mol. The lowest BCUT2D eigenvalue weighted by atomic mass is 10.0. The van der Waals surface area contributed by atoms with Gasteiger partial charge in [0, 0.05) is 0 Å². The van der Waals surface area contributed by atoms with Crippen LogP contribution in [0.3, 0.4) is 0 Å². The molecule has 1 aliphatic rings. The summed E-state index contributed by atoms with van der Waals surface area (Å²) in [6.45, 7) is 4.01. The van der Waals surface area contributed by atoms with Crippen LogP contribution in [0.25, 0.3) is 0 Å². The van der Waals surface area contributed by atoms with Gasteiger partial charge >= 0.3 is 0 Å². The van der Waals surface area contributed by atoms with Crippen molar-refractivity contribution < 1.29 is 4.74 Å². The fourth-order valence-electron chi connectivity index (χ4n) is 1.80. The van der Waals surface area contributed by atoms with Crippen molar-refractivity contribution >= 4 is 11.5 Å². The molecule has 1 unspecified atom stereocenters. The van der Waals surface area contributed by atoms with Gasteiger partial charge in [-0.3, -0.25) is 0 Å². The highest BCUT2D eigenvalue weighted by Crippen LogP contribution is 2.28. The summed E-state index contributed by atoms with van der Waals surface area (Å²) in [6.07, 6.45) is 7.06. The molecule has 0 aromatic carbocycles. The fourth-order valence-corrected chi connectivity index (χ4v) is 2.42. The Bertz CT molecular complexity index is 337. The van der Waals surface area contributed by atoms with Gasteiger partial charge in [0.1, 0.15) is 0 Å². The van der Waals surface area contributed by atoms with Crippen LogP contribution in [-0.2, 0) is 4.74 Å². The average Bonchev–Trinajstić information content (AvgIpc) is 2.85. The monoisotopic (exact) mass is 239 g/mol. The maximum atomic E-state index is 5.40. The zero-order valence-electron chi connectivity index (χ0n) is 9.48. The molecule has 1 N–H and O–H groups in total. The standard InChI is InChI=1S/C11H17N3OS/c1-2-5-12-11(10-7-13-14-16-10)9-4-3-6-15-8-9/h7-8,11-12H,2-6H2,1H3. The number of aromatic nitrogens is 2. The molecule has 2 heterocycles. The van der Waals surface area contributed by atoms with Crippen molar-refractivity contribution in [3.63, 3.8) is 0 Å². The van der Waals surface area contributed by atoms with Gasteiger partial charge in [0.2, 0.25) is 0 Å². The lowest BCUT2D eigenvalue weighted by Crippen LogP contribution is -2.24. The zero-order chi connectivity index (χ0) is 11.2. The van der Waals surface area contributed by atoms with E-state index in [9.17, 15) is 0 Å². The third-order valence-electron chi connectivity index (χ3n) is 2.59. The minimum Gasteiger partial charge on any atom is -0.501 e. The molecule has 0 fully saturated rings. The Morgan fingerprint density at radius 2 is 2.56 bits per heavy atom. The summed E-state index contributed by atoms with van der Waals surface area (Å²) in [5.74, 6) is 0. The molecule has 5 heteroatoms. The van der Waals surface area contributed by atoms with Crippen molar-refractivity contribution in [3.8, 4) is 0 Å². The van der Waals surface area contributed by atoms with Crippen molar-refractivity contribution in [2.24, 2.45) is 0 Å². The molecular weight excluding hydrogens is 222 g/mol. The predicted octanol–water partition coefficient (Wildman–Crippen LogP) is 2.27. The molecule has 0 spiro atoms. The first-order valence-electron chi connectivity index (χ1n) is 5.73. The highest BCUT2D eigenvalue weighted by atomic mass is 32.1. The second-order valence-corrected chi connectivity index (χ2v) is 4.69. The summed E-state index contributed by atoms with van der Waals surface area (Å²) in [5.41, 5.74) is 1.31. The van der Waals surface area contributed by atoms with E-state index in [1.807, 2.05) is 12.5 Å². The van der Waals surface area contributed by atoms with E-state index in [-0.39, 0.29) is 6.04 Å². The second-order valence-electron chi connectivity index (χ2n) is 3.87. The van der Waals surface area contributed by atoms with Crippen LogP contribution >= 0.6 is 11.5 Å². The Morgan fingerprint density at radius 1 is 1.62 bits per heavy atom. The fraction of sp³-hybridized carbons (Fsp3) is 0.636. The summed E-state index contributed by atoms with van der Waals surface area (Å²) >= 11 is 1.46. The van der Waals surface area contributed by atoms with E-state index in [2.05, 4.69) is 21.8 Å². The molecule has 1 aromatic heterocycles. The smallest absolute Gasteiger partial charge is 0.0876 e. The molecule has 1 atom stereocenters. The van der Waals surface area contributed by atoms with Gasteiger partial charge in [-0.15, -0.1) is 5.10 Å². The third-order valence-corrected chi connectivity index (χ3v) is 3.32. The summed E-state index contributed by atoms with van der Waals surface area (Å²) in [6, 6.07) is 0.236. The molecular formula is C11H17N3OS. The van der Waals surface area contributed by atoms with Crippen LogP contribution < -0.4 is 5.32 Å². The number of nitrogens with one attached hydrogen (secondary N) is 1. The third kappa shape index (κ3) is 2.80. The van der Waals surface area contributed by atoms with Gasteiger partial charge in [-0.25, -0.2) is 0 Å². The largest absolute Gasteiger partial charge is 0.501 e. The van der Waals surface area contributed by atoms with E-state index in [0.29, 0.717) is 0 Å². The Labute approximate surface area is 99.9 Å². The van der Waals surface area contributed by atoms with Crippen LogP contribution in [0, 0.1) is 0 Å². The van der Waals surface area contributed by atoms with Crippen LogP contribution in [0.5, 0.6) is 0 Å². The zero-order valence-corrected chi connectivity index (χ0v) is 10.3. The number of nitrogens with zero attached hydrogens (tertiary/aromatic N) is 2. The van der Waals surface area contributed by atoms with Gasteiger partial charge in [-0.1, -0.05) is 11.4 Å². The first-order valence-corrected chi connectivity index (χ1v) is 6.50. The normalized spacial score (nSPS) is 17.7. The van der Waals surface area contributed by atoms with Crippen LogP contribution in [0.4, 0.5) is 0 Å². The Balaban J connectivity index is 2.10. The Morgan fingerprint density at radius 3 is 3.19 bits per heavy atom. The summed E-state index contributed by atoms with van der Waals surface area (Å²) in [7, 11) is 0. The van der Waals surface area contributed by atoms with Crippen molar-refractivity contribution in [2.75, 3.05) is 13.2 Å². The van der Waals surface area contributed by atoms with Gasteiger partial charge in [0.05, 0.1) is 30.0 Å². The topological polar surface area (TPSA) is 47.0 Å². The molecule has 0 amide bonds. The van der Waals surface area contributed by atoms with Gasteiger partial charge in [0.15, 0.2) is 0 Å². The van der Waals surface area contributed by atoms with E-state index in [1.165, 1.54) is 22.0 Å². The first kappa shape index (κ1) is 11.5. The highest BCUT2D eigenvalue weighted by molar-refractivity contribution is 7.05. The molecule has 0 bridgehead atoms. The number of hydrogen-bond acceptors (Lipinski definition) is 5. The van der Waals surface area contributed by atoms with Crippen LogP contribution in [-0.4, -0.2) is 22.7 Å². The quantitative estimate of drug-likeness (QED) is 0.856. The van der Waals surface area contributed by atoms with Crippen molar-refractivity contribution in [1.82, 2.24) is 14.9 Å². The van der Waals surface area contributed by atoms with Gasteiger partial charge in [-0.2, -0.15) is 0 Å². The second kappa shape index (κ2) is 5.96. The molecule has 0 saturated heterocycles. The molecule has 16 heavy (non-hydrogen) atoms. The highest BCUT2D eigenvalue weighted by Gasteiger charge is 2.20. The summed E-state index contributed by atoms with van der Waals surface area (Å²) in [4.78, 5) is 1.17. The maximum Gasteiger partial charge on any atom is 0.0876 e. The van der Waals surface area contributed by atoms with Crippen LogP contribution in [0.15, 0.2) is 18.0 Å². The van der Waals surface area contributed by atoms with Gasteiger partial charge < -0.3 is 10.1 Å². The minimum atomic E-state index is 0.236. The van der Waals surface area contributed by atoms with Gasteiger partial charge in [0.25, 0.3) is 0 Å². The summed E-state index contributed by atoms with van der Waals surface area (Å²) < 4.78 is 9.33. The molecule has 88 valence electrons. The molecule has 1 aromatic rings. The van der Waals surface area contributed by atoms with Crippen LogP contribution in [0.1, 0.15) is 37.1 Å². The van der Waals surface area contributed by atoms with E-state index in [4.69, 9.17) is 4.74 Å². The lowest BCUT2D eigenvalue weighted by molar-refractivity contribution is 0.219. The molecule has 0 radical (unpaired) electrons. The SMILES string of the molecule is CCCNC(C1=COCCC1)c1cnns1. The number of hydrogen-bond donors (Lipinski definition) is 1. The molecule has 4 nitrogen and oxygen atoms in total. The Kier molecular flexibility index (Phi) is 4.30. The van der Waals surface area contributed by atoms with Crippen molar-refractivity contribution in [2.45, 2.75) is 32.2 Å². The summed E-state index contributed by atoms with van der Waals surface area (Å²) in [5, 5.41) is 7.43. The molecule has 0 aliphatic carbocycles. The van der Waals surface area contributed by atoms with Crippen molar-refractivity contribution in [1.29, 1.82) is 0 Å². The molecule has 0 saturated carbocycles. The van der Waals surface area contributed by atoms with Gasteiger partial charge in [-0.05, 0) is 42.9 Å². The number of rotatable bonds is 5. The van der Waals surface area contributed by atoms with E-state index < -0.39 is 0 Å². The minimum absolute atomic E-state index is 0.236. The first-order chi connectivity index (χ1) is 7.92. The Hall–Kier alpha value is -0.940. The average molecular weight is 239 g/mol. The van der Waals surface area contributed by atoms with E-state index in [0.717, 1.165) is 32.4 Å². The van der Waals surface area contributed by atoms with E-state index in [1.54, 1.807) is 0 Å². The van der Waals surface area contributed by atoms with E-state index >= 15 is 0 Å². The lowest BCUT2D eigenvalue weighted by Gasteiger charge is -2.22. The van der Waals surface area contributed by atoms with Crippen LogP contribution in [0.2, 0.25) is 0 Å². The molecule has 2 rings (SSSR count).